The number of nitrogens with zero attached hydrogens (tertiary/aromatic N) is 1. The largest absolute Gasteiger partial charge is 0.400 e. The van der Waals surface area contributed by atoms with Crippen LogP contribution in [0.25, 0.3) is 0 Å². The van der Waals surface area contributed by atoms with E-state index in [1.54, 1.807) is 0 Å². The van der Waals surface area contributed by atoms with E-state index in [-0.39, 0.29) is 6.61 Å². The normalized spacial score (nSPS) is 13.4. The molecule has 3 N–H and O–H groups in total. The third-order valence-corrected chi connectivity index (χ3v) is 4.44. The molecule has 0 amide bonds. The Labute approximate surface area is 156 Å². The van der Waals surface area contributed by atoms with E-state index in [2.05, 4.69) is 11.8 Å². The maximum absolute atomic E-state index is 10.9. The van der Waals surface area contributed by atoms with Crippen molar-refractivity contribution in [2.75, 3.05) is 47.6 Å². The molecule has 1 atom stereocenters. The van der Waals surface area contributed by atoms with Gasteiger partial charge < -0.3 is 25.0 Å². The summed E-state index contributed by atoms with van der Waals surface area (Å²) >= 11 is 0. The fraction of sp³-hybridized carbons (Fsp3) is 1.00. The minimum atomic E-state index is -0.564. The minimum Gasteiger partial charge on any atom is -0.400 e. The van der Waals surface area contributed by atoms with E-state index in [0.717, 1.165) is 71.6 Å². The second-order valence-electron chi connectivity index (χ2n) is 7.09. The Bertz CT molecular complexity index is 252. The summed E-state index contributed by atoms with van der Waals surface area (Å²) in [6.07, 6.45) is 11.4. The molecule has 0 radical (unpaired) electrons. The molecule has 25 heavy (non-hydrogen) atoms. The highest BCUT2D eigenvalue weighted by molar-refractivity contribution is 4.78. The molecule has 0 saturated heterocycles. The summed E-state index contributed by atoms with van der Waals surface area (Å²) in [5, 5.41) is 26.8. The molecule has 0 rings (SSSR count). The average Bonchev–Trinajstić information content (AvgIpc) is 2.60. The molecule has 5 heteroatoms. The van der Waals surface area contributed by atoms with Crippen LogP contribution in [0.5, 0.6) is 0 Å². The Morgan fingerprint density at radius 1 is 0.800 bits per heavy atom. The molecule has 0 aromatic carbocycles. The van der Waals surface area contributed by atoms with Gasteiger partial charge in [-0.15, -0.1) is 0 Å². The van der Waals surface area contributed by atoms with Crippen molar-refractivity contribution in [1.29, 1.82) is 0 Å². The van der Waals surface area contributed by atoms with Gasteiger partial charge in [0.15, 0.2) is 0 Å². The van der Waals surface area contributed by atoms with Crippen LogP contribution in [0.1, 0.15) is 77.6 Å². The molecule has 0 aromatic heterocycles. The molecule has 1 unspecified atom stereocenters. The zero-order valence-electron chi connectivity index (χ0n) is 17.3. The first kappa shape index (κ1) is 27.0. The molecular formula is C20H45NO4. The number of unbranched alkanes of at least 4 members (excludes halogenated alkanes) is 6. The molecule has 0 saturated carbocycles. The Balaban J connectivity index is 0. The summed E-state index contributed by atoms with van der Waals surface area (Å²) in [6.45, 7) is 4.80. The molecule has 154 valence electrons. The lowest BCUT2D eigenvalue weighted by molar-refractivity contribution is -0.0181. The van der Waals surface area contributed by atoms with Gasteiger partial charge in [0.1, 0.15) is 0 Å². The van der Waals surface area contributed by atoms with Gasteiger partial charge in [-0.2, -0.15) is 0 Å². The van der Waals surface area contributed by atoms with E-state index >= 15 is 0 Å². The minimum absolute atomic E-state index is 0.279. The summed E-state index contributed by atoms with van der Waals surface area (Å²) in [4.78, 5) is 2.11. The molecule has 5 nitrogen and oxygen atoms in total. The molecular weight excluding hydrogens is 318 g/mol. The van der Waals surface area contributed by atoms with E-state index in [1.165, 1.54) is 19.3 Å². The van der Waals surface area contributed by atoms with Crippen molar-refractivity contribution in [3.05, 3.63) is 0 Å². The second-order valence-corrected chi connectivity index (χ2v) is 7.09. The molecule has 0 spiro atoms. The lowest BCUT2D eigenvalue weighted by Crippen LogP contribution is -2.31. The van der Waals surface area contributed by atoms with Gasteiger partial charge in [-0.1, -0.05) is 51.9 Å². The van der Waals surface area contributed by atoms with E-state index in [0.29, 0.717) is 6.61 Å². The molecule has 0 fully saturated rings. The first-order valence-corrected chi connectivity index (χ1v) is 10.0. The summed E-state index contributed by atoms with van der Waals surface area (Å²) < 4.78 is 5.68. The van der Waals surface area contributed by atoms with Gasteiger partial charge in [0, 0.05) is 26.9 Å². The van der Waals surface area contributed by atoms with E-state index < -0.39 is 5.60 Å². The Morgan fingerprint density at radius 2 is 1.36 bits per heavy atom. The zero-order chi connectivity index (χ0) is 19.4. The van der Waals surface area contributed by atoms with Gasteiger partial charge in [0.2, 0.25) is 0 Å². The van der Waals surface area contributed by atoms with E-state index in [9.17, 15) is 5.11 Å². The Hall–Kier alpha value is -0.200. The summed E-state index contributed by atoms with van der Waals surface area (Å²) in [6, 6.07) is 0. The van der Waals surface area contributed by atoms with E-state index in [1.807, 2.05) is 14.1 Å². The SMILES string of the molecule is CCCCCCC(O)(CCCCCCO)CCOCCN(C)C.CO. The molecule has 0 aliphatic carbocycles. The smallest absolute Gasteiger partial charge is 0.0669 e. The quantitative estimate of drug-likeness (QED) is 0.346. The van der Waals surface area contributed by atoms with Gasteiger partial charge >= 0.3 is 0 Å². The van der Waals surface area contributed by atoms with Crippen molar-refractivity contribution >= 4 is 0 Å². The fourth-order valence-corrected chi connectivity index (χ4v) is 2.79. The van der Waals surface area contributed by atoms with Crippen LogP contribution in [0.15, 0.2) is 0 Å². The molecule has 0 bridgehead atoms. The molecule has 0 heterocycles. The van der Waals surface area contributed by atoms with Crippen LogP contribution in [0.3, 0.4) is 0 Å². The van der Waals surface area contributed by atoms with Crippen LogP contribution in [0.2, 0.25) is 0 Å². The number of aliphatic hydroxyl groups is 3. The summed E-state index contributed by atoms with van der Waals surface area (Å²) in [5.74, 6) is 0. The molecule has 0 aliphatic heterocycles. The third kappa shape index (κ3) is 20.0. The van der Waals surface area contributed by atoms with Crippen LogP contribution < -0.4 is 0 Å². The zero-order valence-corrected chi connectivity index (χ0v) is 17.3. The number of ether oxygens (including phenoxy) is 1. The average molecular weight is 364 g/mol. The van der Waals surface area contributed by atoms with E-state index in [4.69, 9.17) is 14.9 Å². The van der Waals surface area contributed by atoms with Gasteiger partial charge in [-0.05, 0) is 39.8 Å². The number of aliphatic hydroxyl groups excluding tert-OH is 2. The summed E-state index contributed by atoms with van der Waals surface area (Å²) in [5.41, 5.74) is -0.564. The van der Waals surface area contributed by atoms with Crippen LogP contribution >= 0.6 is 0 Å². The van der Waals surface area contributed by atoms with Gasteiger partial charge in [-0.25, -0.2) is 0 Å². The predicted molar refractivity (Wildman–Crippen MR) is 106 cm³/mol. The van der Waals surface area contributed by atoms with Gasteiger partial charge in [-0.3, -0.25) is 0 Å². The van der Waals surface area contributed by atoms with Crippen molar-refractivity contribution in [2.24, 2.45) is 0 Å². The second kappa shape index (κ2) is 20.1. The van der Waals surface area contributed by atoms with Crippen molar-refractivity contribution in [2.45, 2.75) is 83.2 Å². The first-order valence-electron chi connectivity index (χ1n) is 10.0. The number of hydrogen-bond acceptors (Lipinski definition) is 5. The monoisotopic (exact) mass is 363 g/mol. The third-order valence-electron chi connectivity index (χ3n) is 4.44. The van der Waals surface area contributed by atoms with Crippen LogP contribution in [0.4, 0.5) is 0 Å². The van der Waals surface area contributed by atoms with Gasteiger partial charge in [0.25, 0.3) is 0 Å². The number of rotatable bonds is 17. The summed E-state index contributed by atoms with van der Waals surface area (Å²) in [7, 11) is 5.08. The fourth-order valence-electron chi connectivity index (χ4n) is 2.79. The maximum Gasteiger partial charge on any atom is 0.0669 e. The Morgan fingerprint density at radius 3 is 1.88 bits per heavy atom. The topological polar surface area (TPSA) is 73.2 Å². The van der Waals surface area contributed by atoms with Crippen molar-refractivity contribution in [3.8, 4) is 0 Å². The van der Waals surface area contributed by atoms with Crippen LogP contribution in [-0.2, 0) is 4.74 Å². The highest BCUT2D eigenvalue weighted by Crippen LogP contribution is 2.26. The predicted octanol–water partition coefficient (Wildman–Crippen LogP) is 3.21. The first-order chi connectivity index (χ1) is 12.0. The van der Waals surface area contributed by atoms with Gasteiger partial charge in [0.05, 0.1) is 12.2 Å². The highest BCUT2D eigenvalue weighted by Gasteiger charge is 2.25. The van der Waals surface area contributed by atoms with Crippen molar-refractivity contribution in [3.63, 3.8) is 0 Å². The lowest BCUT2D eigenvalue weighted by atomic mass is 9.87. The number of hydrogen-bond donors (Lipinski definition) is 3. The maximum atomic E-state index is 10.9. The van der Waals surface area contributed by atoms with Crippen molar-refractivity contribution < 1.29 is 20.1 Å². The molecule has 0 aliphatic rings. The van der Waals surface area contributed by atoms with Crippen LogP contribution in [-0.4, -0.2) is 73.4 Å². The highest BCUT2D eigenvalue weighted by atomic mass is 16.5. The number of likely N-dealkylation sites (N-methyl/N-ethyl adjacent to an activating group) is 1. The van der Waals surface area contributed by atoms with Crippen molar-refractivity contribution in [1.82, 2.24) is 4.90 Å². The lowest BCUT2D eigenvalue weighted by Gasteiger charge is -2.28. The molecule has 0 aromatic rings. The Kier molecular flexibility index (Phi) is 21.7. The standard InChI is InChI=1S/C19H41NO3.CH4O/c1-4-5-6-9-12-19(22,13-10-7-8-11-16-21)14-17-23-18-15-20(2)3;1-2/h21-22H,4-18H2,1-3H3;2H,1H3. The van der Waals surface area contributed by atoms with Crippen LogP contribution in [0, 0.1) is 0 Å².